The zero-order chi connectivity index (χ0) is 18.5. The van der Waals surface area contributed by atoms with Gasteiger partial charge in [0, 0.05) is 11.3 Å². The number of thioether (sulfide) groups is 1. The molecule has 0 spiro atoms. The van der Waals surface area contributed by atoms with Gasteiger partial charge in [0.05, 0.1) is 5.25 Å². The number of nitrogens with zero attached hydrogens (tertiary/aromatic N) is 2. The maximum absolute atomic E-state index is 12.4. The lowest BCUT2D eigenvalue weighted by atomic mass is 10.1. The minimum absolute atomic E-state index is 0.0718. The van der Waals surface area contributed by atoms with Gasteiger partial charge in [-0.3, -0.25) is 9.89 Å². The Morgan fingerprint density at radius 2 is 1.85 bits per heavy atom. The summed E-state index contributed by atoms with van der Waals surface area (Å²) in [5.41, 5.74) is 4.22. The number of hydrogen-bond acceptors (Lipinski definition) is 4. The van der Waals surface area contributed by atoms with Crippen molar-refractivity contribution < 1.29 is 4.79 Å². The molecule has 6 heteroatoms. The van der Waals surface area contributed by atoms with Crippen molar-refractivity contribution in [1.29, 1.82) is 0 Å². The molecule has 0 aliphatic heterocycles. The summed E-state index contributed by atoms with van der Waals surface area (Å²) in [7, 11) is 0. The Balaban J connectivity index is 1.62. The molecule has 0 saturated carbocycles. The van der Waals surface area contributed by atoms with E-state index in [1.165, 1.54) is 17.3 Å². The summed E-state index contributed by atoms with van der Waals surface area (Å²) >= 11 is 1.33. The van der Waals surface area contributed by atoms with E-state index >= 15 is 0 Å². The number of rotatable bonds is 6. The van der Waals surface area contributed by atoms with E-state index in [2.05, 4.69) is 39.6 Å². The fourth-order valence-electron chi connectivity index (χ4n) is 2.42. The Labute approximate surface area is 157 Å². The van der Waals surface area contributed by atoms with Crippen molar-refractivity contribution in [2.75, 3.05) is 5.32 Å². The molecule has 134 valence electrons. The lowest BCUT2D eigenvalue weighted by Gasteiger charge is -2.10. The second-order valence-electron chi connectivity index (χ2n) is 6.13. The topological polar surface area (TPSA) is 70.7 Å². The molecular formula is C20H22N4OS. The molecular weight excluding hydrogens is 344 g/mol. The van der Waals surface area contributed by atoms with E-state index in [1.54, 1.807) is 0 Å². The first-order valence-corrected chi connectivity index (χ1v) is 9.49. The van der Waals surface area contributed by atoms with Crippen LogP contribution in [0.3, 0.4) is 0 Å². The highest BCUT2D eigenvalue weighted by atomic mass is 32.2. The molecule has 2 aromatic carbocycles. The lowest BCUT2D eigenvalue weighted by Crippen LogP contribution is -2.22. The number of carbonyl (C=O) groups is 1. The summed E-state index contributed by atoms with van der Waals surface area (Å²) in [4.78, 5) is 16.8. The van der Waals surface area contributed by atoms with Crippen LogP contribution in [0.15, 0.2) is 53.7 Å². The number of carbonyl (C=O) groups excluding carboxylic acids is 1. The average molecular weight is 366 g/mol. The first kappa shape index (κ1) is 18.2. The Morgan fingerprint density at radius 1 is 1.15 bits per heavy atom. The largest absolute Gasteiger partial charge is 0.325 e. The van der Waals surface area contributed by atoms with Crippen molar-refractivity contribution in [3.63, 3.8) is 0 Å². The van der Waals surface area contributed by atoms with Crippen LogP contribution in [0.5, 0.6) is 0 Å². The summed E-state index contributed by atoms with van der Waals surface area (Å²) in [5, 5.41) is 10.3. The molecule has 1 aromatic heterocycles. The number of nitrogens with one attached hydrogen (secondary N) is 2. The van der Waals surface area contributed by atoms with Gasteiger partial charge in [0.25, 0.3) is 0 Å². The normalized spacial score (nSPS) is 12.0. The molecule has 0 aliphatic rings. The van der Waals surface area contributed by atoms with E-state index in [0.29, 0.717) is 11.0 Å². The quantitative estimate of drug-likeness (QED) is 0.632. The number of benzene rings is 2. The maximum Gasteiger partial charge on any atom is 0.237 e. The van der Waals surface area contributed by atoms with E-state index in [-0.39, 0.29) is 11.2 Å². The van der Waals surface area contributed by atoms with Gasteiger partial charge >= 0.3 is 0 Å². The van der Waals surface area contributed by atoms with Gasteiger partial charge in [-0.25, -0.2) is 4.98 Å². The first-order valence-electron chi connectivity index (χ1n) is 8.61. The Hall–Kier alpha value is -2.60. The SMILES string of the molecule is CCc1ccc(-c2nc(SC(C)C(=O)Nc3ccc(C)cc3)n[nH]2)cc1. The zero-order valence-corrected chi connectivity index (χ0v) is 15.9. The highest BCUT2D eigenvalue weighted by molar-refractivity contribution is 8.00. The summed E-state index contributed by atoms with van der Waals surface area (Å²) in [6, 6.07) is 16.0. The summed E-state index contributed by atoms with van der Waals surface area (Å²) in [6.07, 6.45) is 1.01. The molecule has 1 heterocycles. The summed E-state index contributed by atoms with van der Waals surface area (Å²) in [6.45, 7) is 5.99. The van der Waals surface area contributed by atoms with Crippen molar-refractivity contribution in [3.8, 4) is 11.4 Å². The van der Waals surface area contributed by atoms with E-state index in [0.717, 1.165) is 23.2 Å². The molecule has 0 fully saturated rings. The molecule has 26 heavy (non-hydrogen) atoms. The fourth-order valence-corrected chi connectivity index (χ4v) is 3.14. The average Bonchev–Trinajstić information content (AvgIpc) is 3.12. The van der Waals surface area contributed by atoms with E-state index in [9.17, 15) is 4.79 Å². The Kier molecular flexibility index (Phi) is 5.73. The van der Waals surface area contributed by atoms with Crippen LogP contribution in [-0.2, 0) is 11.2 Å². The molecule has 2 N–H and O–H groups in total. The predicted octanol–water partition coefficient (Wildman–Crippen LogP) is 4.46. The van der Waals surface area contributed by atoms with Crippen molar-refractivity contribution >= 4 is 23.4 Å². The number of amides is 1. The fraction of sp³-hybridized carbons (Fsp3) is 0.250. The lowest BCUT2D eigenvalue weighted by molar-refractivity contribution is -0.115. The molecule has 0 radical (unpaired) electrons. The third kappa shape index (κ3) is 4.52. The zero-order valence-electron chi connectivity index (χ0n) is 15.1. The third-order valence-corrected chi connectivity index (χ3v) is 5.03. The molecule has 3 rings (SSSR count). The highest BCUT2D eigenvalue weighted by Crippen LogP contribution is 2.24. The number of aryl methyl sites for hydroxylation is 2. The van der Waals surface area contributed by atoms with Crippen LogP contribution in [0.4, 0.5) is 5.69 Å². The maximum atomic E-state index is 12.4. The van der Waals surface area contributed by atoms with Crippen molar-refractivity contribution in [2.45, 2.75) is 37.6 Å². The number of aromatic nitrogens is 3. The van der Waals surface area contributed by atoms with Gasteiger partial charge in [0.15, 0.2) is 5.82 Å². The minimum atomic E-state index is -0.303. The van der Waals surface area contributed by atoms with Gasteiger partial charge in [-0.05, 0) is 38.0 Å². The number of aromatic amines is 1. The first-order chi connectivity index (χ1) is 12.5. The third-order valence-electron chi connectivity index (χ3n) is 4.07. The van der Waals surface area contributed by atoms with Crippen LogP contribution in [0, 0.1) is 6.92 Å². The molecule has 5 nitrogen and oxygen atoms in total. The number of hydrogen-bond donors (Lipinski definition) is 2. The molecule has 0 aliphatic carbocycles. The number of H-pyrrole nitrogens is 1. The van der Waals surface area contributed by atoms with E-state index < -0.39 is 0 Å². The van der Waals surface area contributed by atoms with Crippen molar-refractivity contribution in [2.24, 2.45) is 0 Å². The van der Waals surface area contributed by atoms with Crippen LogP contribution < -0.4 is 5.32 Å². The van der Waals surface area contributed by atoms with Gasteiger partial charge in [0.1, 0.15) is 0 Å². The van der Waals surface area contributed by atoms with Gasteiger partial charge < -0.3 is 5.32 Å². The smallest absolute Gasteiger partial charge is 0.237 e. The van der Waals surface area contributed by atoms with Crippen LogP contribution >= 0.6 is 11.8 Å². The van der Waals surface area contributed by atoms with Crippen LogP contribution in [-0.4, -0.2) is 26.3 Å². The summed E-state index contributed by atoms with van der Waals surface area (Å²) < 4.78 is 0. The molecule has 0 bridgehead atoms. The molecule has 1 unspecified atom stereocenters. The summed E-state index contributed by atoms with van der Waals surface area (Å²) in [5.74, 6) is 0.638. The van der Waals surface area contributed by atoms with Crippen LogP contribution in [0.25, 0.3) is 11.4 Å². The van der Waals surface area contributed by atoms with Crippen LogP contribution in [0.2, 0.25) is 0 Å². The molecule has 1 atom stereocenters. The highest BCUT2D eigenvalue weighted by Gasteiger charge is 2.17. The molecule has 3 aromatic rings. The van der Waals surface area contributed by atoms with E-state index in [1.807, 2.05) is 50.2 Å². The van der Waals surface area contributed by atoms with Crippen molar-refractivity contribution in [3.05, 3.63) is 59.7 Å². The molecule has 1 amide bonds. The van der Waals surface area contributed by atoms with Gasteiger partial charge in [-0.2, -0.15) is 0 Å². The minimum Gasteiger partial charge on any atom is -0.325 e. The monoisotopic (exact) mass is 366 g/mol. The predicted molar refractivity (Wildman–Crippen MR) is 106 cm³/mol. The van der Waals surface area contributed by atoms with Crippen LogP contribution in [0.1, 0.15) is 25.0 Å². The standard InChI is InChI=1S/C20H22N4OS/c1-4-15-7-9-16(10-8-15)18-22-20(24-23-18)26-14(3)19(25)21-17-11-5-13(2)6-12-17/h5-12,14H,4H2,1-3H3,(H,21,25)(H,22,23,24). The molecule has 0 saturated heterocycles. The van der Waals surface area contributed by atoms with Crippen molar-refractivity contribution in [1.82, 2.24) is 15.2 Å². The second kappa shape index (κ2) is 8.19. The number of anilines is 1. The van der Waals surface area contributed by atoms with Gasteiger partial charge in [0.2, 0.25) is 11.1 Å². The van der Waals surface area contributed by atoms with E-state index in [4.69, 9.17) is 0 Å². The van der Waals surface area contributed by atoms with Gasteiger partial charge in [-0.1, -0.05) is 60.6 Å². The Morgan fingerprint density at radius 3 is 2.50 bits per heavy atom. The second-order valence-corrected chi connectivity index (χ2v) is 7.44. The van der Waals surface area contributed by atoms with Gasteiger partial charge in [-0.15, -0.1) is 5.10 Å². The Bertz CT molecular complexity index is 872.